The Morgan fingerprint density at radius 2 is 0.566 bits per heavy atom. The van der Waals surface area contributed by atoms with Gasteiger partial charge in [-0.3, -0.25) is 9.59 Å². The van der Waals surface area contributed by atoms with Crippen molar-refractivity contribution in [3.63, 3.8) is 0 Å². The van der Waals surface area contributed by atoms with Gasteiger partial charge in [0.2, 0.25) is 0 Å². The van der Waals surface area contributed by atoms with Crippen LogP contribution in [0.3, 0.4) is 0 Å². The van der Waals surface area contributed by atoms with Crippen LogP contribution in [0.2, 0.25) is 0 Å². The zero-order valence-electron chi connectivity index (χ0n) is 47.1. The van der Waals surface area contributed by atoms with Crippen molar-refractivity contribution in [1.82, 2.24) is 0 Å². The van der Waals surface area contributed by atoms with E-state index in [1.54, 1.807) is 0 Å². The average molecular weight is 1040 g/mol. The van der Waals surface area contributed by atoms with Gasteiger partial charge in [-0.05, 0) is 176 Å². The number of hydrogen-bond acceptors (Lipinski definition) is 10. The van der Waals surface area contributed by atoms with Gasteiger partial charge in [0.25, 0.3) is 0 Å². The van der Waals surface area contributed by atoms with Crippen LogP contribution >= 0.6 is 0 Å². The molecule has 6 rings (SSSR count). The SMILES string of the molecule is CCN(CC)c1ccc(/C=C2\C[NH2+]C/C(=C\c3ccc(N(CC)CC)cc3)C2=O)cc1.CCN(CC)c1ccc(/C=C2\C[NH2+]C/C(=C\c3ccc(N(CC)CC)cc3)C2=O)cc1.O=C([O-])CCCCCCCCC(=O)[O-]. The van der Waals surface area contributed by atoms with Crippen molar-refractivity contribution in [1.29, 1.82) is 0 Å². The second-order valence-corrected chi connectivity index (χ2v) is 19.2. The smallest absolute Gasteiger partial charge is 0.196 e. The molecule has 4 N–H and O–H groups in total. The Morgan fingerprint density at radius 1 is 0.368 bits per heavy atom. The Kier molecular flexibility index (Phi) is 27.7. The van der Waals surface area contributed by atoms with Gasteiger partial charge in [0.05, 0.1) is 22.3 Å². The summed E-state index contributed by atoms with van der Waals surface area (Å²) in [5.74, 6) is -1.66. The maximum Gasteiger partial charge on any atom is 0.196 e. The number of quaternary nitrogens is 2. The van der Waals surface area contributed by atoms with Gasteiger partial charge in [-0.25, -0.2) is 0 Å². The molecular formula is C64H88N6O6. The van der Waals surface area contributed by atoms with Crippen molar-refractivity contribution >= 4 is 70.6 Å². The van der Waals surface area contributed by atoms with Crippen LogP contribution in [0.4, 0.5) is 22.7 Å². The van der Waals surface area contributed by atoms with E-state index < -0.39 is 11.9 Å². The second-order valence-electron chi connectivity index (χ2n) is 19.2. The minimum atomic E-state index is -0.998. The number of carbonyl (C=O) groups excluding carboxylic acids is 4. The number of hydrogen-bond donors (Lipinski definition) is 2. The minimum Gasteiger partial charge on any atom is -0.550 e. The third-order valence-corrected chi connectivity index (χ3v) is 14.1. The van der Waals surface area contributed by atoms with Gasteiger partial charge in [0.15, 0.2) is 11.6 Å². The zero-order chi connectivity index (χ0) is 55.2. The van der Waals surface area contributed by atoms with Gasteiger partial charge >= 0.3 is 0 Å². The lowest BCUT2D eigenvalue weighted by atomic mass is 9.95. The summed E-state index contributed by atoms with van der Waals surface area (Å²) in [4.78, 5) is 55.5. The van der Waals surface area contributed by atoms with Gasteiger partial charge in [0, 0.05) is 87.0 Å². The molecule has 0 aliphatic carbocycles. The molecule has 2 aliphatic rings. The van der Waals surface area contributed by atoms with Crippen molar-refractivity contribution in [2.75, 3.05) is 98.1 Å². The fourth-order valence-electron chi connectivity index (χ4n) is 9.58. The molecular weight excluding hydrogens is 949 g/mol. The summed E-state index contributed by atoms with van der Waals surface area (Å²) in [6.45, 7) is 28.2. The third kappa shape index (κ3) is 20.4. The number of ketones is 2. The number of carboxylic acid groups (broad SMARTS) is 2. The molecule has 0 amide bonds. The molecule has 12 heteroatoms. The largest absolute Gasteiger partial charge is 0.550 e. The first kappa shape index (κ1) is 61.8. The minimum absolute atomic E-state index is 0.124. The Hall–Kier alpha value is -6.76. The fraction of sp³-hybridized carbons (Fsp3) is 0.438. The standard InChI is InChI=1S/2C27H35N3O.C10H18O4/c2*1-5-29(6-2)25-13-9-21(10-14-25)17-23-19-28-20-24(27(23)31)18-22-11-15-26(16-12-22)30(7-3)8-4;11-9(12)7-5-3-1-2-4-6-8-10(13)14/h2*9-18,28H,5-8,19-20H2,1-4H3;1-8H2,(H,11,12)(H,13,14)/b2*23-17+,24-18+;. The van der Waals surface area contributed by atoms with E-state index in [0.717, 1.165) is 149 Å². The quantitative estimate of drug-likeness (QED) is 0.0500. The molecule has 0 atom stereocenters. The number of carbonyl (C=O) groups is 4. The molecule has 2 heterocycles. The summed E-state index contributed by atoms with van der Waals surface area (Å²) in [5, 5.41) is 24.5. The molecule has 4 aromatic carbocycles. The molecule has 4 aromatic rings. The Morgan fingerprint density at radius 3 is 0.750 bits per heavy atom. The van der Waals surface area contributed by atoms with E-state index in [1.165, 1.54) is 22.7 Å². The van der Waals surface area contributed by atoms with Gasteiger partial charge in [-0.15, -0.1) is 0 Å². The number of nitrogens with two attached hydrogens (primary N) is 2. The summed E-state index contributed by atoms with van der Waals surface area (Å²) >= 11 is 0. The number of piperidine rings is 2. The third-order valence-electron chi connectivity index (χ3n) is 14.1. The van der Waals surface area contributed by atoms with Gasteiger partial charge in [-0.2, -0.15) is 0 Å². The van der Waals surface area contributed by atoms with Gasteiger partial charge in [-0.1, -0.05) is 74.2 Å². The molecule has 0 unspecified atom stereocenters. The van der Waals surface area contributed by atoms with E-state index in [1.807, 2.05) is 24.3 Å². The summed E-state index contributed by atoms with van der Waals surface area (Å²) in [5.41, 5.74) is 12.7. The van der Waals surface area contributed by atoms with E-state index in [4.69, 9.17) is 0 Å². The fourth-order valence-corrected chi connectivity index (χ4v) is 9.58. The number of nitrogens with zero attached hydrogens (tertiary/aromatic N) is 4. The zero-order valence-corrected chi connectivity index (χ0v) is 47.1. The van der Waals surface area contributed by atoms with Crippen LogP contribution in [0.15, 0.2) is 119 Å². The topological polar surface area (TPSA) is 161 Å². The highest BCUT2D eigenvalue weighted by atomic mass is 16.4. The summed E-state index contributed by atoms with van der Waals surface area (Å²) in [7, 11) is 0. The first-order valence-corrected chi connectivity index (χ1v) is 28.2. The molecule has 0 radical (unpaired) electrons. The molecule has 2 fully saturated rings. The highest BCUT2D eigenvalue weighted by molar-refractivity contribution is 6.14. The van der Waals surface area contributed by atoms with Crippen molar-refractivity contribution in [2.24, 2.45) is 0 Å². The number of carboxylic acids is 2. The Labute approximate surface area is 455 Å². The number of unbranched alkanes of at least 4 members (excludes halogenated alkanes) is 5. The second kappa shape index (κ2) is 34.0. The average Bonchev–Trinajstić information content (AvgIpc) is 3.43. The number of anilines is 4. The number of rotatable bonds is 25. The van der Waals surface area contributed by atoms with Gasteiger partial charge < -0.3 is 50.0 Å². The molecule has 76 heavy (non-hydrogen) atoms. The lowest BCUT2D eigenvalue weighted by molar-refractivity contribution is -0.641. The van der Waals surface area contributed by atoms with Crippen LogP contribution < -0.4 is 40.4 Å². The van der Waals surface area contributed by atoms with E-state index in [2.05, 4.69) is 183 Å². The van der Waals surface area contributed by atoms with E-state index >= 15 is 0 Å². The Bertz CT molecular complexity index is 2190. The van der Waals surface area contributed by atoms with Gasteiger partial charge in [0.1, 0.15) is 26.2 Å². The van der Waals surface area contributed by atoms with Crippen LogP contribution in [0.5, 0.6) is 0 Å². The van der Waals surface area contributed by atoms with Crippen molar-refractivity contribution in [3.05, 3.63) is 142 Å². The first-order valence-electron chi connectivity index (χ1n) is 28.2. The molecule has 410 valence electrons. The van der Waals surface area contributed by atoms with Crippen molar-refractivity contribution in [2.45, 2.75) is 107 Å². The normalized spacial score (nSPS) is 15.5. The van der Waals surface area contributed by atoms with E-state index in [9.17, 15) is 29.4 Å². The highest BCUT2D eigenvalue weighted by Crippen LogP contribution is 2.23. The lowest BCUT2D eigenvalue weighted by Gasteiger charge is -2.21. The molecule has 0 spiro atoms. The first-order chi connectivity index (χ1) is 36.8. The number of Topliss-reactive ketones (excluding diaryl/α,β-unsaturated/α-hetero) is 2. The maximum absolute atomic E-state index is 13.1. The number of aliphatic carboxylic acids is 2. The van der Waals surface area contributed by atoms with Crippen molar-refractivity contribution < 1.29 is 40.0 Å². The predicted octanol–water partition coefficient (Wildman–Crippen LogP) is 7.59. The predicted molar refractivity (Wildman–Crippen MR) is 312 cm³/mol. The maximum atomic E-state index is 13.1. The Balaban J connectivity index is 0.000000265. The van der Waals surface area contributed by atoms with E-state index in [-0.39, 0.29) is 24.4 Å². The van der Waals surface area contributed by atoms with E-state index in [0.29, 0.717) is 12.8 Å². The summed E-state index contributed by atoms with van der Waals surface area (Å²) < 4.78 is 0. The molecule has 0 aromatic heterocycles. The molecule has 12 nitrogen and oxygen atoms in total. The molecule has 0 bridgehead atoms. The number of benzene rings is 4. The van der Waals surface area contributed by atoms with Crippen LogP contribution in [-0.4, -0.2) is 102 Å². The molecule has 2 saturated heterocycles. The molecule has 2 aliphatic heterocycles. The monoisotopic (exact) mass is 1040 g/mol. The summed E-state index contributed by atoms with van der Waals surface area (Å²) in [6.07, 6.45) is 13.4. The lowest BCUT2D eigenvalue weighted by Crippen LogP contribution is -2.87. The highest BCUT2D eigenvalue weighted by Gasteiger charge is 2.24. The van der Waals surface area contributed by atoms with Crippen LogP contribution in [0.1, 0.15) is 129 Å². The van der Waals surface area contributed by atoms with Crippen molar-refractivity contribution in [3.8, 4) is 0 Å². The van der Waals surface area contributed by atoms with Crippen LogP contribution in [0, 0.1) is 0 Å². The summed E-state index contributed by atoms with van der Waals surface area (Å²) in [6, 6.07) is 34.0. The molecule has 0 saturated carbocycles. The van der Waals surface area contributed by atoms with Crippen LogP contribution in [-0.2, 0) is 19.2 Å². The van der Waals surface area contributed by atoms with Crippen LogP contribution in [0.25, 0.3) is 24.3 Å².